The molecule has 0 fully saturated rings. The number of nitriles is 1. The molecule has 0 heterocycles. The largest absolute Gasteiger partial charge is 0.481 e. The van der Waals surface area contributed by atoms with E-state index in [1.54, 1.807) is 6.08 Å². The van der Waals surface area contributed by atoms with Crippen LogP contribution in [-0.4, -0.2) is 11.1 Å². The normalized spacial score (nSPS) is 21.6. The molecule has 3 nitrogen and oxygen atoms in total. The molecule has 0 spiro atoms. The minimum atomic E-state index is -0.889. The summed E-state index contributed by atoms with van der Waals surface area (Å²) in [4.78, 5) is 11.9. The fourth-order valence-corrected chi connectivity index (χ4v) is 3.62. The molecule has 2 aromatic rings. The lowest BCUT2D eigenvalue weighted by atomic mass is 9.62. The molecule has 0 atom stereocenters. The smallest absolute Gasteiger partial charge is 0.315 e. The number of carboxylic acids is 1. The monoisotopic (exact) mass is 303 g/mol. The molecule has 0 aliphatic heterocycles. The molecule has 0 aromatic heterocycles. The summed E-state index contributed by atoms with van der Waals surface area (Å²) in [5.41, 5.74) is 2.20. The lowest BCUT2D eigenvalue weighted by Gasteiger charge is -2.38. The second kappa shape index (κ2) is 5.73. The Balaban J connectivity index is 2.36. The molecule has 23 heavy (non-hydrogen) atoms. The average molecular weight is 303 g/mol. The number of rotatable bonds is 4. The molecular formula is C20H17NO2. The van der Waals surface area contributed by atoms with E-state index in [1.165, 1.54) is 0 Å². The second-order valence-electron chi connectivity index (χ2n) is 5.79. The number of hydrogen-bond acceptors (Lipinski definition) is 2. The van der Waals surface area contributed by atoms with Gasteiger partial charge in [0.25, 0.3) is 0 Å². The lowest BCUT2D eigenvalue weighted by Crippen LogP contribution is -2.35. The Morgan fingerprint density at radius 2 is 1.70 bits per heavy atom. The summed E-state index contributed by atoms with van der Waals surface area (Å²) in [5.74, 6) is -1.62. The maximum absolute atomic E-state index is 11.9. The van der Waals surface area contributed by atoms with Crippen molar-refractivity contribution in [3.05, 3.63) is 83.4 Å². The molecule has 0 saturated heterocycles. The third-order valence-corrected chi connectivity index (χ3v) is 4.62. The molecule has 0 amide bonds. The molecule has 1 aliphatic rings. The Labute approximate surface area is 135 Å². The van der Waals surface area contributed by atoms with Gasteiger partial charge in [-0.25, -0.2) is 0 Å². The van der Waals surface area contributed by atoms with Gasteiger partial charge in [-0.05, 0) is 35.1 Å². The zero-order valence-electron chi connectivity index (χ0n) is 12.7. The number of nitrogens with zero attached hydrogens (tertiary/aromatic N) is 1. The first kappa shape index (κ1) is 15.1. The van der Waals surface area contributed by atoms with Gasteiger partial charge in [-0.3, -0.25) is 4.79 Å². The van der Waals surface area contributed by atoms with Crippen molar-refractivity contribution in [2.45, 2.75) is 24.2 Å². The van der Waals surface area contributed by atoms with Gasteiger partial charge in [0, 0.05) is 0 Å². The molecule has 3 rings (SSSR count). The van der Waals surface area contributed by atoms with Gasteiger partial charge in [0.2, 0.25) is 0 Å². The van der Waals surface area contributed by atoms with Crippen LogP contribution in [0.3, 0.4) is 0 Å². The van der Waals surface area contributed by atoms with Crippen LogP contribution in [0.5, 0.6) is 0 Å². The van der Waals surface area contributed by atoms with Gasteiger partial charge in [0.1, 0.15) is 11.3 Å². The van der Waals surface area contributed by atoms with Gasteiger partial charge in [-0.15, -0.1) is 6.58 Å². The van der Waals surface area contributed by atoms with E-state index in [4.69, 9.17) is 0 Å². The summed E-state index contributed by atoms with van der Waals surface area (Å²) in [6.45, 7) is 3.76. The number of hydrogen-bond donors (Lipinski definition) is 1. The molecule has 0 saturated carbocycles. The van der Waals surface area contributed by atoms with Crippen LogP contribution < -0.4 is 0 Å². The van der Waals surface area contributed by atoms with E-state index >= 15 is 0 Å². The number of carbonyl (C=O) groups is 1. The number of carboxylic acid groups (broad SMARTS) is 1. The average Bonchev–Trinajstić information content (AvgIpc) is 2.58. The van der Waals surface area contributed by atoms with Crippen molar-refractivity contribution >= 4 is 5.97 Å². The maximum atomic E-state index is 11.9. The highest BCUT2D eigenvalue weighted by Gasteiger charge is 2.45. The summed E-state index contributed by atoms with van der Waals surface area (Å²) in [7, 11) is 0. The van der Waals surface area contributed by atoms with Crippen LogP contribution in [0.25, 0.3) is 0 Å². The van der Waals surface area contributed by atoms with E-state index in [2.05, 4.69) is 12.6 Å². The minimum Gasteiger partial charge on any atom is -0.481 e. The number of aliphatic carboxylic acids is 1. The Bertz CT molecular complexity index is 769. The fourth-order valence-electron chi connectivity index (χ4n) is 3.62. The number of fused-ring (bicyclic) bond motifs is 2. The summed E-state index contributed by atoms with van der Waals surface area (Å²) < 4.78 is 0. The Morgan fingerprint density at radius 3 is 2.13 bits per heavy atom. The first-order valence-corrected chi connectivity index (χ1v) is 7.59. The predicted molar refractivity (Wildman–Crippen MR) is 88.2 cm³/mol. The first-order valence-electron chi connectivity index (χ1n) is 7.59. The van der Waals surface area contributed by atoms with Crippen molar-refractivity contribution in [1.82, 2.24) is 0 Å². The molecule has 114 valence electrons. The van der Waals surface area contributed by atoms with Crippen LogP contribution >= 0.6 is 0 Å². The predicted octanol–water partition coefficient (Wildman–Crippen LogP) is 3.99. The van der Waals surface area contributed by atoms with Crippen LogP contribution in [-0.2, 0) is 10.2 Å². The van der Waals surface area contributed by atoms with Gasteiger partial charge < -0.3 is 5.11 Å². The quantitative estimate of drug-likeness (QED) is 0.869. The van der Waals surface area contributed by atoms with Gasteiger partial charge in [-0.2, -0.15) is 5.26 Å². The maximum Gasteiger partial charge on any atom is 0.315 e. The topological polar surface area (TPSA) is 61.1 Å². The van der Waals surface area contributed by atoms with E-state index in [9.17, 15) is 15.2 Å². The minimum absolute atomic E-state index is 0.591. The van der Waals surface area contributed by atoms with Gasteiger partial charge in [-0.1, -0.05) is 54.6 Å². The summed E-state index contributed by atoms with van der Waals surface area (Å²) in [6.07, 6.45) is 3.08. The molecule has 0 unspecified atom stereocenters. The van der Waals surface area contributed by atoms with E-state index in [0.717, 1.165) is 11.1 Å². The Kier molecular flexibility index (Phi) is 3.75. The highest BCUT2D eigenvalue weighted by molar-refractivity contribution is 5.84. The van der Waals surface area contributed by atoms with Crippen molar-refractivity contribution < 1.29 is 9.90 Å². The fraction of sp³-hybridized carbons (Fsp3) is 0.200. The Morgan fingerprint density at radius 1 is 1.17 bits per heavy atom. The highest BCUT2D eigenvalue weighted by Crippen LogP contribution is 2.49. The van der Waals surface area contributed by atoms with Crippen LogP contribution in [0.4, 0.5) is 0 Å². The van der Waals surface area contributed by atoms with E-state index in [1.807, 2.05) is 48.5 Å². The molecule has 1 aliphatic carbocycles. The van der Waals surface area contributed by atoms with Crippen LogP contribution in [0.1, 0.15) is 41.0 Å². The van der Waals surface area contributed by atoms with E-state index < -0.39 is 17.3 Å². The second-order valence-corrected chi connectivity index (χ2v) is 5.79. The third-order valence-electron chi connectivity index (χ3n) is 4.62. The standard InChI is InChI=1S/C20H17NO2/c1-2-3-12-20(13-21)16-10-6-4-8-14(16)18(19(22)23)15-9-5-7-11-17(15)20/h2,4-11,18H,1,3,12H2,(H,22,23). The molecule has 3 heteroatoms. The summed E-state index contributed by atoms with van der Waals surface area (Å²) in [5, 5.41) is 19.8. The van der Waals surface area contributed by atoms with Crippen molar-refractivity contribution in [3.8, 4) is 6.07 Å². The molecule has 0 bridgehead atoms. The number of allylic oxidation sites excluding steroid dienone is 1. The molecular weight excluding hydrogens is 286 g/mol. The molecule has 0 radical (unpaired) electrons. The zero-order valence-corrected chi connectivity index (χ0v) is 12.7. The Hall–Kier alpha value is -2.86. The summed E-state index contributed by atoms with van der Waals surface area (Å²) >= 11 is 0. The SMILES string of the molecule is C=CCCC1(C#N)c2ccccc2C(C(=O)O)c2ccccc21. The van der Waals surface area contributed by atoms with E-state index in [-0.39, 0.29) is 0 Å². The van der Waals surface area contributed by atoms with Crippen LogP contribution in [0.2, 0.25) is 0 Å². The highest BCUT2D eigenvalue weighted by atomic mass is 16.4. The van der Waals surface area contributed by atoms with Crippen molar-refractivity contribution in [1.29, 1.82) is 5.26 Å². The third kappa shape index (κ3) is 2.15. The van der Waals surface area contributed by atoms with Crippen LogP contribution in [0, 0.1) is 11.3 Å². The van der Waals surface area contributed by atoms with Crippen molar-refractivity contribution in [3.63, 3.8) is 0 Å². The molecule has 1 N–H and O–H groups in total. The molecule has 2 aromatic carbocycles. The zero-order chi connectivity index (χ0) is 16.4. The number of benzene rings is 2. The van der Waals surface area contributed by atoms with Crippen molar-refractivity contribution in [2.24, 2.45) is 0 Å². The van der Waals surface area contributed by atoms with Gasteiger partial charge in [0.05, 0.1) is 6.07 Å². The first-order chi connectivity index (χ1) is 11.2. The lowest BCUT2D eigenvalue weighted by molar-refractivity contribution is -0.137. The van der Waals surface area contributed by atoms with Gasteiger partial charge >= 0.3 is 5.97 Å². The van der Waals surface area contributed by atoms with Gasteiger partial charge in [0.15, 0.2) is 0 Å². The van der Waals surface area contributed by atoms with Crippen molar-refractivity contribution in [2.75, 3.05) is 0 Å². The summed E-state index contributed by atoms with van der Waals surface area (Å²) in [6, 6.07) is 17.3. The van der Waals surface area contributed by atoms with Crippen LogP contribution in [0.15, 0.2) is 61.2 Å². The van der Waals surface area contributed by atoms with E-state index in [0.29, 0.717) is 24.0 Å².